The molecule has 0 aromatic rings. The molecule has 0 amide bonds. The molecule has 0 saturated heterocycles. The lowest BCUT2D eigenvalue weighted by molar-refractivity contribution is 1.35. The van der Waals surface area contributed by atoms with Crippen LogP contribution in [0.1, 0.15) is 12.8 Å². The summed E-state index contributed by atoms with van der Waals surface area (Å²) in [4.78, 5) is 0. The molecular weight excluding hydrogens is 106 g/mol. The first kappa shape index (κ1) is 5.49. The summed E-state index contributed by atoms with van der Waals surface area (Å²) in [5.41, 5.74) is 0. The molecule has 0 atom stereocenters. The molecule has 1 rings (SSSR count). The van der Waals surface area contributed by atoms with Gasteiger partial charge in [-0.15, -0.1) is 11.6 Å². The van der Waals surface area contributed by atoms with Gasteiger partial charge in [-0.1, -0.05) is 25.0 Å². The Morgan fingerprint density at radius 2 is 2.29 bits per heavy atom. The van der Waals surface area contributed by atoms with Gasteiger partial charge in [0.15, 0.2) is 0 Å². The highest BCUT2D eigenvalue weighted by Gasteiger charge is 2.20. The predicted octanol–water partition coefficient (Wildman–Crippen LogP) is 1.93. The Morgan fingerprint density at radius 1 is 1.57 bits per heavy atom. The SMILES string of the molecule is ClCC[B]C1CC1. The molecule has 0 heterocycles. The van der Waals surface area contributed by atoms with Gasteiger partial charge in [0.25, 0.3) is 0 Å². The standard InChI is InChI=1S/C5H9BCl/c7-4-3-6-5-1-2-5/h5H,1-4H2. The molecule has 0 aromatic carbocycles. The topological polar surface area (TPSA) is 0 Å². The average Bonchev–Trinajstić information content (AvgIpc) is 2.42. The largest absolute Gasteiger partial charge is 0.127 e. The van der Waals surface area contributed by atoms with Gasteiger partial charge >= 0.3 is 0 Å². The van der Waals surface area contributed by atoms with Crippen molar-refractivity contribution in [2.45, 2.75) is 25.0 Å². The minimum Gasteiger partial charge on any atom is -0.127 e. The minimum absolute atomic E-state index is 0.802. The van der Waals surface area contributed by atoms with E-state index in [0.717, 1.165) is 18.0 Å². The van der Waals surface area contributed by atoms with E-state index in [1.807, 2.05) is 0 Å². The van der Waals surface area contributed by atoms with Crippen LogP contribution in [-0.2, 0) is 0 Å². The maximum atomic E-state index is 5.44. The summed E-state index contributed by atoms with van der Waals surface area (Å²) in [6.45, 7) is 0. The van der Waals surface area contributed by atoms with Crippen molar-refractivity contribution >= 4 is 18.9 Å². The number of halogens is 1. The fourth-order valence-corrected chi connectivity index (χ4v) is 0.757. The Morgan fingerprint density at radius 3 is 2.71 bits per heavy atom. The summed E-state index contributed by atoms with van der Waals surface area (Å²) in [6, 6.07) is 0. The Kier molecular flexibility index (Phi) is 2.05. The molecule has 1 aliphatic carbocycles. The number of rotatable bonds is 3. The highest BCUT2D eigenvalue weighted by molar-refractivity contribution is 6.40. The first-order valence-corrected chi connectivity index (χ1v) is 3.36. The average molecular weight is 115 g/mol. The van der Waals surface area contributed by atoms with Crippen LogP contribution in [-0.4, -0.2) is 13.2 Å². The van der Waals surface area contributed by atoms with E-state index in [-0.39, 0.29) is 0 Å². The summed E-state index contributed by atoms with van der Waals surface area (Å²) in [5, 5.41) is 0. The van der Waals surface area contributed by atoms with Gasteiger partial charge in [0.05, 0.1) is 0 Å². The minimum atomic E-state index is 0.802. The summed E-state index contributed by atoms with van der Waals surface area (Å²) in [5.74, 6) is 1.75. The lowest BCUT2D eigenvalue weighted by Crippen LogP contribution is -1.86. The predicted molar refractivity (Wildman–Crippen MR) is 34.3 cm³/mol. The molecule has 7 heavy (non-hydrogen) atoms. The van der Waals surface area contributed by atoms with Crippen molar-refractivity contribution in [1.82, 2.24) is 0 Å². The van der Waals surface area contributed by atoms with Crippen molar-refractivity contribution in [2.24, 2.45) is 0 Å². The van der Waals surface area contributed by atoms with Crippen LogP contribution >= 0.6 is 11.6 Å². The zero-order chi connectivity index (χ0) is 5.11. The van der Waals surface area contributed by atoms with Crippen molar-refractivity contribution in [1.29, 1.82) is 0 Å². The molecule has 0 bridgehead atoms. The van der Waals surface area contributed by atoms with Crippen LogP contribution in [0.4, 0.5) is 0 Å². The highest BCUT2D eigenvalue weighted by atomic mass is 35.5. The Balaban J connectivity index is 1.80. The van der Waals surface area contributed by atoms with E-state index in [0.29, 0.717) is 0 Å². The fraction of sp³-hybridized carbons (Fsp3) is 1.00. The Hall–Kier alpha value is 0.355. The molecule has 1 radical (unpaired) electrons. The quantitative estimate of drug-likeness (QED) is 0.389. The smallest absolute Gasteiger partial charge is 0.115 e. The van der Waals surface area contributed by atoms with Gasteiger partial charge in [-0.05, 0) is 0 Å². The van der Waals surface area contributed by atoms with Crippen molar-refractivity contribution < 1.29 is 0 Å². The molecule has 0 N–H and O–H groups in total. The molecule has 0 aromatic heterocycles. The van der Waals surface area contributed by atoms with Crippen molar-refractivity contribution in [3.63, 3.8) is 0 Å². The first-order valence-electron chi connectivity index (χ1n) is 2.83. The van der Waals surface area contributed by atoms with Crippen LogP contribution in [0.3, 0.4) is 0 Å². The van der Waals surface area contributed by atoms with E-state index in [1.165, 1.54) is 12.8 Å². The molecule has 0 unspecified atom stereocenters. The number of alkyl halides is 1. The maximum absolute atomic E-state index is 5.44. The monoisotopic (exact) mass is 115 g/mol. The molecule has 39 valence electrons. The van der Waals surface area contributed by atoms with Crippen LogP contribution in [0, 0.1) is 0 Å². The van der Waals surface area contributed by atoms with E-state index in [9.17, 15) is 0 Å². The molecule has 0 spiro atoms. The molecule has 0 aliphatic heterocycles. The summed E-state index contributed by atoms with van der Waals surface area (Å²) < 4.78 is 0. The van der Waals surface area contributed by atoms with E-state index in [1.54, 1.807) is 0 Å². The summed E-state index contributed by atoms with van der Waals surface area (Å²) in [7, 11) is 2.33. The van der Waals surface area contributed by atoms with E-state index < -0.39 is 0 Å². The second-order valence-electron chi connectivity index (χ2n) is 2.05. The summed E-state index contributed by atoms with van der Waals surface area (Å²) in [6.07, 6.45) is 3.93. The van der Waals surface area contributed by atoms with Crippen molar-refractivity contribution in [3.05, 3.63) is 0 Å². The second-order valence-corrected chi connectivity index (χ2v) is 2.43. The van der Waals surface area contributed by atoms with Crippen LogP contribution in [0.25, 0.3) is 0 Å². The maximum Gasteiger partial charge on any atom is 0.115 e. The van der Waals surface area contributed by atoms with Gasteiger partial charge in [-0.2, -0.15) is 0 Å². The van der Waals surface area contributed by atoms with Gasteiger partial charge in [0.1, 0.15) is 7.28 Å². The van der Waals surface area contributed by atoms with Crippen LogP contribution < -0.4 is 0 Å². The number of hydrogen-bond acceptors (Lipinski definition) is 0. The van der Waals surface area contributed by atoms with E-state index in [4.69, 9.17) is 11.6 Å². The highest BCUT2D eigenvalue weighted by Crippen LogP contribution is 2.35. The molecule has 1 aliphatic rings. The van der Waals surface area contributed by atoms with Crippen molar-refractivity contribution in [2.75, 3.05) is 5.88 Å². The van der Waals surface area contributed by atoms with Gasteiger partial charge in [-0.3, -0.25) is 0 Å². The van der Waals surface area contributed by atoms with Crippen LogP contribution in [0.5, 0.6) is 0 Å². The van der Waals surface area contributed by atoms with Gasteiger partial charge in [0.2, 0.25) is 0 Å². The molecular formula is C5H9BCl. The number of hydrogen-bond donors (Lipinski definition) is 0. The van der Waals surface area contributed by atoms with Crippen molar-refractivity contribution in [3.8, 4) is 0 Å². The molecule has 2 heteroatoms. The third kappa shape index (κ3) is 2.23. The Labute approximate surface area is 50.5 Å². The van der Waals surface area contributed by atoms with Crippen LogP contribution in [0.15, 0.2) is 0 Å². The van der Waals surface area contributed by atoms with Gasteiger partial charge in [0, 0.05) is 5.88 Å². The normalized spacial score (nSPS) is 19.6. The molecule has 1 saturated carbocycles. The van der Waals surface area contributed by atoms with Gasteiger partial charge in [-0.25, -0.2) is 0 Å². The third-order valence-electron chi connectivity index (χ3n) is 1.23. The van der Waals surface area contributed by atoms with E-state index >= 15 is 0 Å². The second kappa shape index (κ2) is 2.61. The van der Waals surface area contributed by atoms with Gasteiger partial charge < -0.3 is 0 Å². The fourth-order valence-electron chi connectivity index (χ4n) is 0.631. The van der Waals surface area contributed by atoms with Crippen LogP contribution in [0.2, 0.25) is 12.1 Å². The zero-order valence-electron chi connectivity index (χ0n) is 4.36. The summed E-state index contributed by atoms with van der Waals surface area (Å²) >= 11 is 5.44. The zero-order valence-corrected chi connectivity index (χ0v) is 5.12. The molecule has 0 nitrogen and oxygen atoms in total. The first-order chi connectivity index (χ1) is 3.43. The van der Waals surface area contributed by atoms with E-state index in [2.05, 4.69) is 7.28 Å². The molecule has 1 fully saturated rings. The Bertz CT molecular complexity index is 52.0. The lowest BCUT2D eigenvalue weighted by atomic mass is 9.70. The third-order valence-corrected chi connectivity index (χ3v) is 1.45. The lowest BCUT2D eigenvalue weighted by Gasteiger charge is -1.84.